The lowest BCUT2D eigenvalue weighted by atomic mass is 9.99. The van der Waals surface area contributed by atoms with Gasteiger partial charge in [-0.25, -0.2) is 0 Å². The third-order valence-electron chi connectivity index (χ3n) is 7.93. The Hall–Kier alpha value is -4.62. The number of carbonyl (C=O) groups excluding carboxylic acids is 4. The van der Waals surface area contributed by atoms with Gasteiger partial charge >= 0.3 is 0 Å². The van der Waals surface area contributed by atoms with Gasteiger partial charge in [0.1, 0.15) is 0 Å². The fraction of sp³-hybridized carbons (Fsp3) is 0.176. The fourth-order valence-corrected chi connectivity index (χ4v) is 11.7. The zero-order valence-electron chi connectivity index (χ0n) is 24.1. The minimum Gasteiger partial charge on any atom is -0.274 e. The van der Waals surface area contributed by atoms with Crippen molar-refractivity contribution in [3.05, 3.63) is 96.1 Å². The summed E-state index contributed by atoms with van der Waals surface area (Å²) in [7, 11) is -2.89. The van der Waals surface area contributed by atoms with Gasteiger partial charge in [0.25, 0.3) is 0 Å². The summed E-state index contributed by atoms with van der Waals surface area (Å²) in [6, 6.07) is 29.0. The van der Waals surface area contributed by atoms with Crippen LogP contribution in [0.3, 0.4) is 0 Å². The molecule has 1 aliphatic rings. The number of fused-ring (bicyclic) bond motifs is 3. The van der Waals surface area contributed by atoms with Gasteiger partial charge in [0.15, 0.2) is 8.07 Å². The van der Waals surface area contributed by atoms with Crippen LogP contribution in [0.5, 0.6) is 0 Å². The van der Waals surface area contributed by atoms with Crippen molar-refractivity contribution in [2.45, 2.75) is 41.5 Å². The van der Waals surface area contributed by atoms with Crippen molar-refractivity contribution in [3.8, 4) is 11.1 Å². The zero-order valence-corrected chi connectivity index (χ0v) is 25.1. The zero-order chi connectivity index (χ0) is 29.6. The van der Waals surface area contributed by atoms with Crippen LogP contribution < -0.4 is 30.5 Å². The molecule has 0 spiro atoms. The Morgan fingerprint density at radius 2 is 0.829 bits per heavy atom. The minimum absolute atomic E-state index is 0.364. The molecule has 4 aromatic carbocycles. The second-order valence-electron chi connectivity index (χ2n) is 10.6. The van der Waals surface area contributed by atoms with Gasteiger partial charge < -0.3 is 0 Å². The summed E-state index contributed by atoms with van der Waals surface area (Å²) >= 11 is 0. The first-order chi connectivity index (χ1) is 19.5. The summed E-state index contributed by atoms with van der Waals surface area (Å²) in [6.07, 6.45) is 0. The molecule has 4 amide bonds. The average Bonchev–Trinajstić information content (AvgIpc) is 3.18. The normalized spacial score (nSPS) is 12.7. The van der Waals surface area contributed by atoms with Gasteiger partial charge in [-0.2, -0.15) is 0 Å². The second kappa shape index (κ2) is 10.4. The molecule has 0 atom stereocenters. The highest BCUT2D eigenvalue weighted by Gasteiger charge is 2.49. The molecule has 0 N–H and O–H groups in total. The first kappa shape index (κ1) is 27.9. The third-order valence-corrected chi connectivity index (χ3v) is 12.8. The summed E-state index contributed by atoms with van der Waals surface area (Å²) in [6.45, 7) is 9.39. The van der Waals surface area contributed by atoms with Crippen molar-refractivity contribution in [3.63, 3.8) is 0 Å². The monoisotopic (exact) mass is 560 g/mol. The maximum atomic E-state index is 12.6. The molecule has 41 heavy (non-hydrogen) atoms. The molecule has 1 aliphatic heterocycles. The third kappa shape index (κ3) is 4.33. The van der Waals surface area contributed by atoms with E-state index in [9.17, 15) is 19.2 Å². The molecule has 0 fully saturated rings. The van der Waals surface area contributed by atoms with Crippen molar-refractivity contribution in [1.82, 2.24) is 0 Å². The summed E-state index contributed by atoms with van der Waals surface area (Å²) in [5.41, 5.74) is 4.46. The molecule has 0 aliphatic carbocycles. The molecule has 0 radical (unpaired) electrons. The molecule has 0 unspecified atom stereocenters. The van der Waals surface area contributed by atoms with E-state index in [1.165, 1.54) is 47.9 Å². The predicted octanol–water partition coefficient (Wildman–Crippen LogP) is 3.46. The Kier molecular flexibility index (Phi) is 7.09. The van der Waals surface area contributed by atoms with Gasteiger partial charge in [0.05, 0.1) is 11.4 Å². The lowest BCUT2D eigenvalue weighted by Gasteiger charge is -2.32. The number of amides is 4. The van der Waals surface area contributed by atoms with Crippen molar-refractivity contribution in [2.75, 3.05) is 9.80 Å². The molecule has 0 saturated heterocycles. The number of hydrogen-bond acceptors (Lipinski definition) is 4. The van der Waals surface area contributed by atoms with Crippen molar-refractivity contribution in [1.29, 1.82) is 0 Å². The molecule has 206 valence electrons. The first-order valence-electron chi connectivity index (χ1n) is 13.5. The van der Waals surface area contributed by atoms with E-state index in [-0.39, 0.29) is 23.6 Å². The summed E-state index contributed by atoms with van der Waals surface area (Å²) in [5.74, 6) is -1.45. The molecule has 7 heteroatoms. The van der Waals surface area contributed by atoms with E-state index in [1.54, 1.807) is 0 Å². The fourth-order valence-electron chi connectivity index (χ4n) is 6.37. The predicted molar refractivity (Wildman–Crippen MR) is 166 cm³/mol. The minimum atomic E-state index is -2.89. The van der Waals surface area contributed by atoms with Gasteiger partial charge in [-0.15, -0.1) is 0 Å². The average molecular weight is 561 g/mol. The van der Waals surface area contributed by atoms with E-state index in [2.05, 4.69) is 36.4 Å². The number of rotatable bonds is 4. The first-order valence-corrected chi connectivity index (χ1v) is 15.5. The molecular formula is C34H32N2O4Si. The van der Waals surface area contributed by atoms with Crippen molar-refractivity contribution >= 4 is 63.8 Å². The maximum absolute atomic E-state index is 12.6. The molecule has 4 aromatic rings. The van der Waals surface area contributed by atoms with Crippen LogP contribution in [0, 0.1) is 13.8 Å². The maximum Gasteiger partial charge on any atom is 0.230 e. The Labute approximate surface area is 241 Å². The van der Waals surface area contributed by atoms with E-state index in [0.29, 0.717) is 11.4 Å². The van der Waals surface area contributed by atoms with Crippen molar-refractivity contribution < 1.29 is 19.2 Å². The van der Waals surface area contributed by atoms with Gasteiger partial charge in [-0.05, 0) is 69.0 Å². The van der Waals surface area contributed by atoms with Crippen LogP contribution >= 0.6 is 0 Å². The topological polar surface area (TPSA) is 74.8 Å². The number of carbonyl (C=O) groups is 4. The lowest BCUT2D eigenvalue weighted by Crippen LogP contribution is -2.72. The van der Waals surface area contributed by atoms with Crippen LogP contribution in [0.1, 0.15) is 38.8 Å². The molecule has 0 saturated carbocycles. The highest BCUT2D eigenvalue weighted by molar-refractivity contribution is 7.22. The van der Waals surface area contributed by atoms with Crippen LogP contribution in [-0.4, -0.2) is 31.7 Å². The standard InChI is InChI=1S/C34H32N2O4Si/c1-21-17-33-29(19-31(21)35(23(3)37)24(4)38)30-20-32(36(25(5)39)26(6)40)22(2)18-34(30)41(33,27-13-9-7-10-14-27)28-15-11-8-12-16-28/h7-20H,1-6H3. The van der Waals surface area contributed by atoms with Gasteiger partial charge in [-0.1, -0.05) is 72.8 Å². The van der Waals surface area contributed by atoms with E-state index in [1.807, 2.05) is 62.4 Å². The number of aryl methyl sites for hydroxylation is 2. The molecule has 0 aromatic heterocycles. The summed E-state index contributed by atoms with van der Waals surface area (Å²) < 4.78 is 0. The highest BCUT2D eigenvalue weighted by atomic mass is 28.3. The Bertz CT molecular complexity index is 1570. The van der Waals surface area contributed by atoms with Crippen molar-refractivity contribution in [2.24, 2.45) is 0 Å². The molecule has 1 heterocycles. The van der Waals surface area contributed by atoms with Crippen LogP contribution in [0.4, 0.5) is 11.4 Å². The van der Waals surface area contributed by atoms with E-state index >= 15 is 0 Å². The lowest BCUT2D eigenvalue weighted by molar-refractivity contribution is -0.125. The number of anilines is 2. The number of benzene rings is 4. The number of imide groups is 2. The molecule has 5 rings (SSSR count). The Balaban J connectivity index is 1.97. The largest absolute Gasteiger partial charge is 0.274 e. The van der Waals surface area contributed by atoms with Crippen LogP contribution in [-0.2, 0) is 19.2 Å². The van der Waals surface area contributed by atoms with Crippen LogP contribution in [0.15, 0.2) is 84.9 Å². The van der Waals surface area contributed by atoms with E-state index in [4.69, 9.17) is 0 Å². The quantitative estimate of drug-likeness (QED) is 0.316. The van der Waals surface area contributed by atoms with Gasteiger partial charge in [0, 0.05) is 27.7 Å². The number of hydrogen-bond donors (Lipinski definition) is 0. The van der Waals surface area contributed by atoms with Gasteiger partial charge in [-0.3, -0.25) is 29.0 Å². The molecule has 6 nitrogen and oxygen atoms in total. The second-order valence-corrected chi connectivity index (χ2v) is 14.3. The van der Waals surface area contributed by atoms with Gasteiger partial charge in [0.2, 0.25) is 23.6 Å². The Morgan fingerprint density at radius 1 is 0.512 bits per heavy atom. The highest BCUT2D eigenvalue weighted by Crippen LogP contribution is 2.37. The smallest absolute Gasteiger partial charge is 0.230 e. The molecular weight excluding hydrogens is 528 g/mol. The number of nitrogens with zero attached hydrogens (tertiary/aromatic N) is 2. The Morgan fingerprint density at radius 3 is 1.12 bits per heavy atom. The summed E-state index contributed by atoms with van der Waals surface area (Å²) in [4.78, 5) is 52.9. The SMILES string of the molecule is CC(=O)N(C(C)=O)c1cc2c(cc1C)[Si](c1ccccc1)(c1ccccc1)c1cc(C)c(N(C(C)=O)C(C)=O)cc1-2. The van der Waals surface area contributed by atoms with E-state index in [0.717, 1.165) is 32.6 Å². The van der Waals surface area contributed by atoms with E-state index < -0.39 is 8.07 Å². The van der Waals surface area contributed by atoms with Crippen LogP contribution in [0.2, 0.25) is 0 Å². The molecule has 0 bridgehead atoms. The summed E-state index contributed by atoms with van der Waals surface area (Å²) in [5, 5.41) is 4.64. The van der Waals surface area contributed by atoms with Crippen LogP contribution in [0.25, 0.3) is 11.1 Å².